The van der Waals surface area contributed by atoms with Crippen LogP contribution in [0.1, 0.15) is 38.5 Å². The van der Waals surface area contributed by atoms with Gasteiger partial charge in [0.2, 0.25) is 0 Å². The van der Waals surface area contributed by atoms with E-state index >= 15 is 0 Å². The zero-order chi connectivity index (χ0) is 16.4. The third kappa shape index (κ3) is 3.03. The molecule has 0 aliphatic carbocycles. The number of hydrogen-bond acceptors (Lipinski definition) is 4. The molecule has 0 saturated carbocycles. The molecule has 1 aromatic carbocycles. The molecule has 6 heteroatoms. The van der Waals surface area contributed by atoms with Crippen molar-refractivity contribution in [3.05, 3.63) is 69.4 Å². The molecule has 118 valence electrons. The Hall–Kier alpha value is -2.47. The highest BCUT2D eigenvalue weighted by Crippen LogP contribution is 2.23. The molecule has 0 aliphatic rings. The van der Waals surface area contributed by atoms with Crippen molar-refractivity contribution in [3.63, 3.8) is 0 Å². The smallest absolute Gasteiger partial charge is 0.262 e. The fourth-order valence-corrected chi connectivity index (χ4v) is 3.25. The SMILES string of the molecule is Cc1ccsc1C(=O)N[C@@H](c1ccccc1)c1nnc(C)n1C. The summed E-state index contributed by atoms with van der Waals surface area (Å²) in [6, 6.07) is 11.4. The summed E-state index contributed by atoms with van der Waals surface area (Å²) in [6.07, 6.45) is 0. The van der Waals surface area contributed by atoms with Crippen LogP contribution in [0.5, 0.6) is 0 Å². The number of benzene rings is 1. The molecule has 5 nitrogen and oxygen atoms in total. The number of nitrogens with zero attached hydrogens (tertiary/aromatic N) is 3. The van der Waals surface area contributed by atoms with Gasteiger partial charge >= 0.3 is 0 Å². The van der Waals surface area contributed by atoms with E-state index in [2.05, 4.69) is 15.5 Å². The lowest BCUT2D eigenvalue weighted by Crippen LogP contribution is -2.31. The maximum absolute atomic E-state index is 12.6. The average molecular weight is 326 g/mol. The van der Waals surface area contributed by atoms with Crippen LogP contribution in [0.15, 0.2) is 41.8 Å². The molecule has 2 heterocycles. The Morgan fingerprint density at radius 3 is 2.48 bits per heavy atom. The second-order valence-electron chi connectivity index (χ2n) is 5.41. The molecule has 1 N–H and O–H groups in total. The highest BCUT2D eigenvalue weighted by atomic mass is 32.1. The van der Waals surface area contributed by atoms with Crippen LogP contribution in [0.3, 0.4) is 0 Å². The third-order valence-electron chi connectivity index (χ3n) is 3.86. The number of rotatable bonds is 4. The van der Waals surface area contributed by atoms with Crippen molar-refractivity contribution in [2.75, 3.05) is 0 Å². The highest BCUT2D eigenvalue weighted by Gasteiger charge is 2.24. The first-order valence-corrected chi connectivity index (χ1v) is 8.21. The molecule has 23 heavy (non-hydrogen) atoms. The van der Waals surface area contributed by atoms with Gasteiger partial charge in [0.1, 0.15) is 11.9 Å². The van der Waals surface area contributed by atoms with Crippen LogP contribution in [0, 0.1) is 13.8 Å². The largest absolute Gasteiger partial charge is 0.337 e. The van der Waals surface area contributed by atoms with Crippen molar-refractivity contribution in [1.29, 1.82) is 0 Å². The lowest BCUT2D eigenvalue weighted by Gasteiger charge is -2.18. The second kappa shape index (κ2) is 6.34. The molecule has 1 atom stereocenters. The number of aromatic nitrogens is 3. The Morgan fingerprint density at radius 1 is 1.17 bits per heavy atom. The summed E-state index contributed by atoms with van der Waals surface area (Å²) < 4.78 is 1.90. The van der Waals surface area contributed by atoms with E-state index in [1.807, 2.05) is 67.2 Å². The number of nitrogens with one attached hydrogen (secondary N) is 1. The summed E-state index contributed by atoms with van der Waals surface area (Å²) in [5, 5.41) is 13.4. The average Bonchev–Trinajstić information content (AvgIpc) is 3.13. The molecule has 0 fully saturated rings. The molecule has 0 unspecified atom stereocenters. The molecule has 0 saturated heterocycles. The van der Waals surface area contributed by atoms with Crippen molar-refractivity contribution < 1.29 is 4.79 Å². The van der Waals surface area contributed by atoms with Crippen molar-refractivity contribution in [2.45, 2.75) is 19.9 Å². The second-order valence-corrected chi connectivity index (χ2v) is 6.33. The lowest BCUT2D eigenvalue weighted by atomic mass is 10.1. The minimum Gasteiger partial charge on any atom is -0.337 e. The molecular weight excluding hydrogens is 308 g/mol. The molecule has 0 radical (unpaired) electrons. The number of thiophene rings is 1. The van der Waals surface area contributed by atoms with Crippen molar-refractivity contribution in [1.82, 2.24) is 20.1 Å². The Balaban J connectivity index is 1.98. The zero-order valence-corrected chi connectivity index (χ0v) is 14.1. The van der Waals surface area contributed by atoms with E-state index in [4.69, 9.17) is 0 Å². The van der Waals surface area contributed by atoms with Gasteiger partial charge < -0.3 is 9.88 Å². The highest BCUT2D eigenvalue weighted by molar-refractivity contribution is 7.12. The van der Waals surface area contributed by atoms with E-state index in [9.17, 15) is 4.79 Å². The van der Waals surface area contributed by atoms with Crippen LogP contribution in [0.4, 0.5) is 0 Å². The molecule has 3 aromatic rings. The number of amides is 1. The predicted octanol–water partition coefficient (Wildman–Crippen LogP) is 3.01. The first-order chi connectivity index (χ1) is 11.1. The summed E-state index contributed by atoms with van der Waals surface area (Å²) in [6.45, 7) is 3.83. The number of aryl methyl sites for hydroxylation is 2. The Bertz CT molecular complexity index is 822. The van der Waals surface area contributed by atoms with Crippen molar-refractivity contribution in [2.24, 2.45) is 7.05 Å². The van der Waals surface area contributed by atoms with E-state index in [-0.39, 0.29) is 11.9 Å². The lowest BCUT2D eigenvalue weighted by molar-refractivity contribution is 0.0944. The van der Waals surface area contributed by atoms with Gasteiger partial charge in [-0.25, -0.2) is 0 Å². The predicted molar refractivity (Wildman–Crippen MR) is 90.5 cm³/mol. The van der Waals surface area contributed by atoms with E-state index in [1.54, 1.807) is 0 Å². The monoisotopic (exact) mass is 326 g/mol. The van der Waals surface area contributed by atoms with Gasteiger partial charge in [0.15, 0.2) is 5.82 Å². The van der Waals surface area contributed by atoms with Crippen LogP contribution >= 0.6 is 11.3 Å². The van der Waals surface area contributed by atoms with Gasteiger partial charge in [-0.1, -0.05) is 30.3 Å². The number of hydrogen-bond donors (Lipinski definition) is 1. The van der Waals surface area contributed by atoms with Crippen LogP contribution in [0.2, 0.25) is 0 Å². The zero-order valence-electron chi connectivity index (χ0n) is 13.3. The van der Waals surface area contributed by atoms with Gasteiger partial charge in [-0.05, 0) is 36.4 Å². The van der Waals surface area contributed by atoms with E-state index in [0.29, 0.717) is 0 Å². The summed E-state index contributed by atoms with van der Waals surface area (Å²) >= 11 is 1.44. The maximum atomic E-state index is 12.6. The van der Waals surface area contributed by atoms with Gasteiger partial charge in [0.25, 0.3) is 5.91 Å². The third-order valence-corrected chi connectivity index (χ3v) is 4.88. The van der Waals surface area contributed by atoms with Crippen molar-refractivity contribution in [3.8, 4) is 0 Å². The first-order valence-electron chi connectivity index (χ1n) is 7.33. The van der Waals surface area contributed by atoms with Gasteiger partial charge in [0, 0.05) is 7.05 Å². The van der Waals surface area contributed by atoms with Gasteiger partial charge in [-0.15, -0.1) is 21.5 Å². The topological polar surface area (TPSA) is 59.8 Å². The Morgan fingerprint density at radius 2 is 1.91 bits per heavy atom. The maximum Gasteiger partial charge on any atom is 0.262 e. The summed E-state index contributed by atoms with van der Waals surface area (Å²) in [4.78, 5) is 13.4. The Kier molecular flexibility index (Phi) is 4.25. The minimum absolute atomic E-state index is 0.0907. The van der Waals surface area contributed by atoms with Gasteiger partial charge in [-0.3, -0.25) is 4.79 Å². The molecular formula is C17H18N4OS. The quantitative estimate of drug-likeness (QED) is 0.802. The summed E-state index contributed by atoms with van der Waals surface area (Å²) in [7, 11) is 1.91. The van der Waals surface area contributed by atoms with Crippen LogP contribution in [0.25, 0.3) is 0 Å². The van der Waals surface area contributed by atoms with Gasteiger partial charge in [-0.2, -0.15) is 0 Å². The molecule has 0 aliphatic heterocycles. The van der Waals surface area contributed by atoms with Crippen molar-refractivity contribution >= 4 is 17.2 Å². The van der Waals surface area contributed by atoms with E-state index in [0.717, 1.165) is 27.7 Å². The van der Waals surface area contributed by atoms with E-state index < -0.39 is 0 Å². The van der Waals surface area contributed by atoms with Crippen LogP contribution in [-0.4, -0.2) is 20.7 Å². The Labute approximate surface area is 139 Å². The summed E-state index contributed by atoms with van der Waals surface area (Å²) in [5.41, 5.74) is 1.96. The molecule has 2 aromatic heterocycles. The first kappa shape index (κ1) is 15.4. The molecule has 0 spiro atoms. The number of carbonyl (C=O) groups excluding carboxylic acids is 1. The van der Waals surface area contributed by atoms with Gasteiger partial charge in [0.05, 0.1) is 4.88 Å². The molecule has 3 rings (SSSR count). The normalized spacial score (nSPS) is 12.1. The molecule has 0 bridgehead atoms. The number of carbonyl (C=O) groups is 1. The van der Waals surface area contributed by atoms with Crippen LogP contribution in [-0.2, 0) is 7.05 Å². The standard InChI is InChI=1S/C17H18N4OS/c1-11-9-10-23-15(11)17(22)18-14(13-7-5-4-6-8-13)16-20-19-12(2)21(16)3/h4-10,14H,1-3H3,(H,18,22)/t14-/m0/s1. The fourth-order valence-electron chi connectivity index (χ4n) is 2.42. The molecule has 1 amide bonds. The van der Waals surface area contributed by atoms with Crippen LogP contribution < -0.4 is 5.32 Å². The summed E-state index contributed by atoms with van der Waals surface area (Å²) in [5.74, 6) is 1.44. The fraction of sp³-hybridized carbons (Fsp3) is 0.235. The minimum atomic E-state index is -0.337. The van der Waals surface area contributed by atoms with E-state index in [1.165, 1.54) is 11.3 Å².